The average Bonchev–Trinajstić information content (AvgIpc) is 3.13. The van der Waals surface area contributed by atoms with Gasteiger partial charge >= 0.3 is 0 Å². The standard InChI is InChI=1S/C41H60N4O6S/c1-5-14-36(41(49)43-37(27-32-17-10-7-11-18-32)39(47)38(46)25-30(2)3)42-40(48)35(26-31-15-8-6-9-16-31)29-52(50,51)44(4)23-24-45-22-21-33-19-12-13-20-34(33)28-45/h1,6,8-9,12-13,15-16,19-20,30,32,35-39,46-47H,7,10-11,14,17-18,21-29H2,2-4H3,(H,42,48)(H,43,49)/t35-,36+,37+,38+,39-/m1/s1. The van der Waals surface area contributed by atoms with Crippen molar-refractivity contribution in [3.63, 3.8) is 0 Å². The summed E-state index contributed by atoms with van der Waals surface area (Å²) in [5.41, 5.74) is 3.37. The van der Waals surface area contributed by atoms with E-state index in [4.69, 9.17) is 6.42 Å². The molecule has 1 aliphatic heterocycles. The van der Waals surface area contributed by atoms with Gasteiger partial charge in [0.2, 0.25) is 21.8 Å². The smallest absolute Gasteiger partial charge is 0.243 e. The number of hydrogen-bond acceptors (Lipinski definition) is 7. The van der Waals surface area contributed by atoms with E-state index < -0.39 is 57.8 Å². The van der Waals surface area contributed by atoms with Gasteiger partial charge < -0.3 is 20.8 Å². The third-order valence-corrected chi connectivity index (χ3v) is 12.6. The van der Waals surface area contributed by atoms with Crippen LogP contribution in [0.25, 0.3) is 0 Å². The van der Waals surface area contributed by atoms with Gasteiger partial charge in [-0.15, -0.1) is 12.3 Å². The van der Waals surface area contributed by atoms with E-state index >= 15 is 0 Å². The molecule has 2 aliphatic rings. The number of aliphatic hydroxyl groups is 2. The number of benzene rings is 2. The predicted octanol–water partition coefficient (Wildman–Crippen LogP) is 3.90. The summed E-state index contributed by atoms with van der Waals surface area (Å²) in [5.74, 6) is 0.318. The molecule has 0 radical (unpaired) electrons. The molecule has 1 heterocycles. The number of nitrogens with zero attached hydrogens (tertiary/aromatic N) is 2. The number of carbonyl (C=O) groups excluding carboxylic acids is 2. The molecule has 2 aromatic carbocycles. The topological polar surface area (TPSA) is 139 Å². The van der Waals surface area contributed by atoms with Crippen LogP contribution in [-0.2, 0) is 39.0 Å². The molecule has 286 valence electrons. The second-order valence-corrected chi connectivity index (χ2v) is 17.4. The Morgan fingerprint density at radius 3 is 2.33 bits per heavy atom. The minimum absolute atomic E-state index is 0.123. The first-order valence-corrected chi connectivity index (χ1v) is 20.6. The van der Waals surface area contributed by atoms with Crippen molar-refractivity contribution in [3.05, 3.63) is 71.3 Å². The maximum atomic E-state index is 14.0. The Kier molecular flexibility index (Phi) is 16.2. The number of sulfonamides is 1. The molecule has 4 rings (SSSR count). The van der Waals surface area contributed by atoms with Crippen molar-refractivity contribution >= 4 is 21.8 Å². The lowest BCUT2D eigenvalue weighted by atomic mass is 9.82. The first kappa shape index (κ1) is 41.5. The van der Waals surface area contributed by atoms with E-state index in [1.807, 2.05) is 56.3 Å². The van der Waals surface area contributed by atoms with Gasteiger partial charge in [0.15, 0.2) is 0 Å². The highest BCUT2D eigenvalue weighted by atomic mass is 32.2. The van der Waals surface area contributed by atoms with Gasteiger partial charge in [0, 0.05) is 39.6 Å². The Hall–Kier alpha value is -3.27. The number of rotatable bonds is 19. The maximum absolute atomic E-state index is 14.0. The molecule has 1 aliphatic carbocycles. The number of aliphatic hydroxyl groups excluding tert-OH is 2. The van der Waals surface area contributed by atoms with Gasteiger partial charge in [0.1, 0.15) is 12.1 Å². The Bertz CT molecular complexity index is 1570. The van der Waals surface area contributed by atoms with Crippen molar-refractivity contribution in [2.24, 2.45) is 17.8 Å². The van der Waals surface area contributed by atoms with Gasteiger partial charge in [-0.1, -0.05) is 101 Å². The number of carbonyl (C=O) groups is 2. The summed E-state index contributed by atoms with van der Waals surface area (Å²) in [6.45, 7) is 6.36. The van der Waals surface area contributed by atoms with Gasteiger partial charge in [0.25, 0.3) is 0 Å². The summed E-state index contributed by atoms with van der Waals surface area (Å²) in [4.78, 5) is 30.0. The number of amides is 2. The lowest BCUT2D eigenvalue weighted by molar-refractivity contribution is -0.132. The van der Waals surface area contributed by atoms with Crippen LogP contribution in [0.1, 0.15) is 81.9 Å². The van der Waals surface area contributed by atoms with Crippen LogP contribution in [0, 0.1) is 30.1 Å². The molecule has 2 amide bonds. The Morgan fingerprint density at radius 1 is 0.981 bits per heavy atom. The van der Waals surface area contributed by atoms with Crippen molar-refractivity contribution < 1.29 is 28.2 Å². The lowest BCUT2D eigenvalue weighted by Crippen LogP contribution is -2.56. The molecule has 1 fully saturated rings. The third-order valence-electron chi connectivity index (χ3n) is 10.6. The average molecular weight is 737 g/mol. The monoisotopic (exact) mass is 736 g/mol. The van der Waals surface area contributed by atoms with Crippen LogP contribution in [0.15, 0.2) is 54.6 Å². The number of terminal acetylenes is 1. The normalized spacial score (nSPS) is 18.5. The van der Waals surface area contributed by atoms with E-state index in [9.17, 15) is 28.2 Å². The number of likely N-dealkylation sites (N-methyl/N-ethyl adjacent to an activating group) is 1. The third kappa shape index (κ3) is 12.7. The van der Waals surface area contributed by atoms with E-state index in [1.165, 1.54) is 15.4 Å². The van der Waals surface area contributed by atoms with Gasteiger partial charge in [-0.05, 0) is 54.2 Å². The summed E-state index contributed by atoms with van der Waals surface area (Å²) < 4.78 is 28.9. The minimum atomic E-state index is -3.88. The maximum Gasteiger partial charge on any atom is 0.243 e. The van der Waals surface area contributed by atoms with E-state index in [-0.39, 0.29) is 25.3 Å². The molecule has 0 spiro atoms. The summed E-state index contributed by atoms with van der Waals surface area (Å²) in [5, 5.41) is 27.8. The van der Waals surface area contributed by atoms with Gasteiger partial charge in [0.05, 0.1) is 23.8 Å². The molecule has 11 heteroatoms. The Labute approximate surface area is 311 Å². The highest BCUT2D eigenvalue weighted by molar-refractivity contribution is 7.89. The summed E-state index contributed by atoms with van der Waals surface area (Å²) >= 11 is 0. The zero-order chi connectivity index (χ0) is 37.7. The van der Waals surface area contributed by atoms with Crippen LogP contribution in [0.3, 0.4) is 0 Å². The molecule has 0 aromatic heterocycles. The van der Waals surface area contributed by atoms with Crippen molar-refractivity contribution in [3.8, 4) is 12.3 Å². The predicted molar refractivity (Wildman–Crippen MR) is 205 cm³/mol. The van der Waals surface area contributed by atoms with Crippen LogP contribution in [0.5, 0.6) is 0 Å². The zero-order valence-electron chi connectivity index (χ0n) is 31.3. The molecule has 0 unspecified atom stereocenters. The number of nitrogens with one attached hydrogen (secondary N) is 2. The molecule has 2 aromatic rings. The highest BCUT2D eigenvalue weighted by Crippen LogP contribution is 2.29. The number of hydrogen-bond donors (Lipinski definition) is 4. The van der Waals surface area contributed by atoms with E-state index in [1.54, 1.807) is 7.05 Å². The second-order valence-electron chi connectivity index (χ2n) is 15.3. The molecule has 1 saturated carbocycles. The fourth-order valence-corrected chi connectivity index (χ4v) is 8.92. The van der Waals surface area contributed by atoms with Crippen molar-refractivity contribution in [1.29, 1.82) is 0 Å². The molecule has 52 heavy (non-hydrogen) atoms. The van der Waals surface area contributed by atoms with Crippen molar-refractivity contribution in [2.75, 3.05) is 32.4 Å². The fourth-order valence-electron chi connectivity index (χ4n) is 7.53. The molecular formula is C41H60N4O6S. The lowest BCUT2D eigenvalue weighted by Gasteiger charge is -2.33. The zero-order valence-corrected chi connectivity index (χ0v) is 32.1. The van der Waals surface area contributed by atoms with Crippen LogP contribution in [0.4, 0.5) is 0 Å². The van der Waals surface area contributed by atoms with Crippen LogP contribution in [0.2, 0.25) is 0 Å². The fraction of sp³-hybridized carbons (Fsp3) is 0.610. The van der Waals surface area contributed by atoms with Gasteiger partial charge in [-0.2, -0.15) is 0 Å². The van der Waals surface area contributed by atoms with Crippen molar-refractivity contribution in [2.45, 2.75) is 109 Å². The quantitative estimate of drug-likeness (QED) is 0.161. The molecule has 4 N–H and O–H groups in total. The van der Waals surface area contributed by atoms with E-state index in [0.29, 0.717) is 25.3 Å². The number of fused-ring (bicyclic) bond motifs is 1. The Morgan fingerprint density at radius 2 is 1.65 bits per heavy atom. The molecule has 10 nitrogen and oxygen atoms in total. The van der Waals surface area contributed by atoms with E-state index in [2.05, 4.69) is 33.6 Å². The van der Waals surface area contributed by atoms with Gasteiger partial charge in [-0.25, -0.2) is 12.7 Å². The van der Waals surface area contributed by atoms with Crippen LogP contribution < -0.4 is 10.6 Å². The largest absolute Gasteiger partial charge is 0.390 e. The SMILES string of the molecule is C#CC[C@H](NC(=O)[C@H](Cc1ccccc1)CS(=O)(=O)N(C)CCN1CCc2ccccc2C1)C(=O)N[C@@H](CC1CCCCC1)[C@@H](O)[C@@H](O)CC(C)C. The minimum Gasteiger partial charge on any atom is -0.390 e. The Balaban J connectivity index is 1.45. The van der Waals surface area contributed by atoms with E-state index in [0.717, 1.165) is 57.2 Å². The summed E-state index contributed by atoms with van der Waals surface area (Å²) in [6, 6.07) is 15.6. The molecule has 0 bridgehead atoms. The van der Waals surface area contributed by atoms with Crippen LogP contribution >= 0.6 is 0 Å². The first-order chi connectivity index (χ1) is 24.9. The highest BCUT2D eigenvalue weighted by Gasteiger charge is 2.35. The van der Waals surface area contributed by atoms with Gasteiger partial charge in [-0.3, -0.25) is 14.5 Å². The van der Waals surface area contributed by atoms with Crippen molar-refractivity contribution in [1.82, 2.24) is 19.8 Å². The molecule has 0 saturated heterocycles. The summed E-state index contributed by atoms with van der Waals surface area (Å²) in [6.07, 6.45) is 10.6. The first-order valence-electron chi connectivity index (χ1n) is 19.0. The molecule has 5 atom stereocenters. The van der Waals surface area contributed by atoms with Crippen LogP contribution in [-0.4, -0.2) is 96.4 Å². The summed E-state index contributed by atoms with van der Waals surface area (Å²) in [7, 11) is -2.33. The molecular weight excluding hydrogens is 677 g/mol. The second kappa shape index (κ2) is 20.3.